The van der Waals surface area contributed by atoms with Gasteiger partial charge in [0.2, 0.25) is 10.0 Å². The fourth-order valence-corrected chi connectivity index (χ4v) is 4.44. The van der Waals surface area contributed by atoms with Crippen molar-refractivity contribution in [3.8, 4) is 11.3 Å². The molecule has 0 aliphatic rings. The molecule has 0 atom stereocenters. The van der Waals surface area contributed by atoms with Gasteiger partial charge in [-0.3, -0.25) is 10.1 Å². The van der Waals surface area contributed by atoms with E-state index in [0.29, 0.717) is 10.7 Å². The molecule has 0 unspecified atom stereocenters. The zero-order valence-corrected chi connectivity index (χ0v) is 19.3. The first-order valence-corrected chi connectivity index (χ1v) is 11.8. The van der Waals surface area contributed by atoms with Crippen LogP contribution in [0.5, 0.6) is 0 Å². The molecule has 168 valence electrons. The molecule has 9 nitrogen and oxygen atoms in total. The summed E-state index contributed by atoms with van der Waals surface area (Å²) in [6, 6.07) is 14.8. The van der Waals surface area contributed by atoms with Gasteiger partial charge < -0.3 is 10.1 Å². The van der Waals surface area contributed by atoms with E-state index in [0.717, 1.165) is 21.2 Å². The van der Waals surface area contributed by atoms with Crippen LogP contribution in [-0.4, -0.2) is 50.4 Å². The number of aromatic nitrogens is 1. The number of thiazole rings is 1. The molecule has 0 saturated carbocycles. The van der Waals surface area contributed by atoms with Gasteiger partial charge in [0.1, 0.15) is 10.7 Å². The van der Waals surface area contributed by atoms with E-state index in [9.17, 15) is 18.0 Å². The molecule has 0 aliphatic carbocycles. The second-order valence-corrected chi connectivity index (χ2v) is 9.83. The number of anilines is 2. The van der Waals surface area contributed by atoms with Gasteiger partial charge in [-0.2, -0.15) is 0 Å². The Morgan fingerprint density at radius 2 is 1.69 bits per heavy atom. The van der Waals surface area contributed by atoms with E-state index in [-0.39, 0.29) is 22.2 Å². The Labute approximate surface area is 190 Å². The van der Waals surface area contributed by atoms with Crippen molar-refractivity contribution in [2.45, 2.75) is 11.8 Å². The number of nitrogens with zero attached hydrogens (tertiary/aromatic N) is 2. The summed E-state index contributed by atoms with van der Waals surface area (Å²) in [7, 11) is -0.718. The fourth-order valence-electron chi connectivity index (χ4n) is 2.67. The Morgan fingerprint density at radius 1 is 1.03 bits per heavy atom. The summed E-state index contributed by atoms with van der Waals surface area (Å²) in [6.07, 6.45) is -0.642. The molecule has 0 saturated heterocycles. The molecule has 0 spiro atoms. The minimum atomic E-state index is -3.59. The third-order valence-corrected chi connectivity index (χ3v) is 7.00. The quantitative estimate of drug-likeness (QED) is 0.537. The maximum atomic E-state index is 12.8. The standard InChI is InChI=1S/C21H22N4O5S2/c1-4-30-21(27)24-20-22-17(14-8-6-5-7-9-14)19(31-20)23-18(26)15-10-12-16(13-11-15)32(28,29)25(2)3/h5-13H,4H2,1-3H3,(H,23,26)(H,22,24,27). The maximum Gasteiger partial charge on any atom is 0.413 e. The van der Waals surface area contributed by atoms with E-state index < -0.39 is 22.0 Å². The molecular weight excluding hydrogens is 452 g/mol. The third kappa shape index (κ3) is 5.31. The van der Waals surface area contributed by atoms with Crippen LogP contribution in [0.15, 0.2) is 59.5 Å². The van der Waals surface area contributed by atoms with E-state index in [4.69, 9.17) is 4.74 Å². The number of sulfonamides is 1. The summed E-state index contributed by atoms with van der Waals surface area (Å²) in [4.78, 5) is 29.1. The SMILES string of the molecule is CCOC(=O)Nc1nc(-c2ccccc2)c(NC(=O)c2ccc(S(=O)(=O)N(C)C)cc2)s1. The van der Waals surface area contributed by atoms with Crippen molar-refractivity contribution in [3.05, 3.63) is 60.2 Å². The largest absolute Gasteiger partial charge is 0.450 e. The number of rotatable bonds is 7. The van der Waals surface area contributed by atoms with Crippen LogP contribution in [0.2, 0.25) is 0 Å². The lowest BCUT2D eigenvalue weighted by molar-refractivity contribution is 0.102. The number of amides is 2. The predicted octanol–water partition coefficient (Wildman–Crippen LogP) is 3.88. The van der Waals surface area contributed by atoms with Gasteiger partial charge in [0.05, 0.1) is 11.5 Å². The lowest BCUT2D eigenvalue weighted by atomic mass is 10.1. The molecule has 2 N–H and O–H groups in total. The lowest BCUT2D eigenvalue weighted by Gasteiger charge is -2.11. The van der Waals surface area contributed by atoms with E-state index in [2.05, 4.69) is 15.6 Å². The van der Waals surface area contributed by atoms with Crippen LogP contribution in [-0.2, 0) is 14.8 Å². The molecule has 3 aromatic rings. The molecule has 2 amide bonds. The van der Waals surface area contributed by atoms with Gasteiger partial charge in [-0.1, -0.05) is 41.7 Å². The number of benzene rings is 2. The van der Waals surface area contributed by atoms with Gasteiger partial charge in [0.15, 0.2) is 5.13 Å². The smallest absolute Gasteiger partial charge is 0.413 e. The first-order valence-electron chi connectivity index (χ1n) is 9.56. The van der Waals surface area contributed by atoms with Gasteiger partial charge in [0, 0.05) is 25.2 Å². The van der Waals surface area contributed by atoms with Crippen LogP contribution in [0.3, 0.4) is 0 Å². The second kappa shape index (κ2) is 9.90. The number of nitrogens with one attached hydrogen (secondary N) is 2. The predicted molar refractivity (Wildman–Crippen MR) is 123 cm³/mol. The highest BCUT2D eigenvalue weighted by atomic mass is 32.2. The number of ether oxygens (including phenoxy) is 1. The van der Waals surface area contributed by atoms with Crippen LogP contribution in [0.25, 0.3) is 11.3 Å². The molecule has 32 heavy (non-hydrogen) atoms. The minimum absolute atomic E-state index is 0.0859. The molecular formula is C21H22N4O5S2. The second-order valence-electron chi connectivity index (χ2n) is 6.67. The summed E-state index contributed by atoms with van der Waals surface area (Å²) in [5.41, 5.74) is 1.51. The molecule has 2 aromatic carbocycles. The van der Waals surface area contributed by atoms with Crippen molar-refractivity contribution >= 4 is 43.5 Å². The zero-order chi connectivity index (χ0) is 23.3. The van der Waals surface area contributed by atoms with E-state index >= 15 is 0 Å². The summed E-state index contributed by atoms with van der Waals surface area (Å²) >= 11 is 1.09. The summed E-state index contributed by atoms with van der Waals surface area (Å²) in [5, 5.41) is 6.04. The Kier molecular flexibility index (Phi) is 7.23. The number of hydrogen-bond acceptors (Lipinski definition) is 7. The molecule has 0 bridgehead atoms. The van der Waals surface area contributed by atoms with Gasteiger partial charge in [0.25, 0.3) is 5.91 Å². The molecule has 0 fully saturated rings. The van der Waals surface area contributed by atoms with Crippen molar-refractivity contribution < 1.29 is 22.7 Å². The number of hydrogen-bond donors (Lipinski definition) is 2. The van der Waals surface area contributed by atoms with E-state index in [1.54, 1.807) is 6.92 Å². The van der Waals surface area contributed by atoms with Crippen molar-refractivity contribution in [1.82, 2.24) is 9.29 Å². The molecule has 1 heterocycles. The highest BCUT2D eigenvalue weighted by Gasteiger charge is 2.20. The van der Waals surface area contributed by atoms with Crippen molar-refractivity contribution in [1.29, 1.82) is 0 Å². The Bertz CT molecular complexity index is 1210. The topological polar surface area (TPSA) is 118 Å². The Morgan fingerprint density at radius 3 is 2.28 bits per heavy atom. The average Bonchev–Trinajstić information content (AvgIpc) is 3.16. The van der Waals surface area contributed by atoms with Gasteiger partial charge >= 0.3 is 6.09 Å². The normalized spacial score (nSPS) is 11.2. The lowest BCUT2D eigenvalue weighted by Crippen LogP contribution is -2.22. The van der Waals surface area contributed by atoms with Crippen LogP contribution in [0.4, 0.5) is 14.9 Å². The molecule has 0 aliphatic heterocycles. The highest BCUT2D eigenvalue weighted by Crippen LogP contribution is 2.36. The first-order chi connectivity index (χ1) is 15.2. The molecule has 11 heteroatoms. The summed E-state index contributed by atoms with van der Waals surface area (Å²) in [6.45, 7) is 1.91. The van der Waals surface area contributed by atoms with Crippen LogP contribution in [0.1, 0.15) is 17.3 Å². The van der Waals surface area contributed by atoms with Crippen molar-refractivity contribution in [2.75, 3.05) is 31.3 Å². The number of carbonyl (C=O) groups excluding carboxylic acids is 2. The zero-order valence-electron chi connectivity index (χ0n) is 17.7. The van der Waals surface area contributed by atoms with Gasteiger partial charge in [-0.25, -0.2) is 22.5 Å². The summed E-state index contributed by atoms with van der Waals surface area (Å²) in [5.74, 6) is -0.442. The van der Waals surface area contributed by atoms with E-state index in [1.165, 1.54) is 38.4 Å². The number of carbonyl (C=O) groups is 2. The van der Waals surface area contributed by atoms with Gasteiger partial charge in [-0.05, 0) is 31.2 Å². The minimum Gasteiger partial charge on any atom is -0.450 e. The van der Waals surface area contributed by atoms with Gasteiger partial charge in [-0.15, -0.1) is 0 Å². The van der Waals surface area contributed by atoms with Crippen LogP contribution >= 0.6 is 11.3 Å². The first kappa shape index (κ1) is 23.4. The van der Waals surface area contributed by atoms with Crippen molar-refractivity contribution in [2.24, 2.45) is 0 Å². The highest BCUT2D eigenvalue weighted by molar-refractivity contribution is 7.89. The van der Waals surface area contributed by atoms with Crippen LogP contribution in [0, 0.1) is 0 Å². The Hall–Kier alpha value is -3.28. The average molecular weight is 475 g/mol. The van der Waals surface area contributed by atoms with Crippen LogP contribution < -0.4 is 10.6 Å². The van der Waals surface area contributed by atoms with Crippen molar-refractivity contribution in [3.63, 3.8) is 0 Å². The maximum absolute atomic E-state index is 12.8. The monoisotopic (exact) mass is 474 g/mol. The summed E-state index contributed by atoms with van der Waals surface area (Å²) < 4.78 is 30.4. The Balaban J connectivity index is 1.87. The fraction of sp³-hybridized carbons (Fsp3) is 0.190. The van der Waals surface area contributed by atoms with E-state index in [1.807, 2.05) is 30.3 Å². The molecule has 0 radical (unpaired) electrons. The molecule has 3 rings (SSSR count). The third-order valence-electron chi connectivity index (χ3n) is 4.28. The molecule has 1 aromatic heterocycles.